The van der Waals surface area contributed by atoms with Crippen LogP contribution in [0.3, 0.4) is 0 Å². The van der Waals surface area contributed by atoms with Gasteiger partial charge in [-0.1, -0.05) is 18.2 Å². The first-order valence-electron chi connectivity index (χ1n) is 6.97. The second-order valence-electron chi connectivity index (χ2n) is 5.23. The summed E-state index contributed by atoms with van der Waals surface area (Å²) in [4.78, 5) is 4.15. The van der Waals surface area contributed by atoms with Crippen LogP contribution in [0.25, 0.3) is 5.69 Å². The third-order valence-electron chi connectivity index (χ3n) is 3.49. The first-order chi connectivity index (χ1) is 10.2. The van der Waals surface area contributed by atoms with Gasteiger partial charge in [-0.25, -0.2) is 9.67 Å². The molecule has 3 aromatic rings. The summed E-state index contributed by atoms with van der Waals surface area (Å²) in [6, 6.07) is 11.8. The zero-order valence-electron chi connectivity index (χ0n) is 12.1. The molecular formula is C16H18N4O. The van der Waals surface area contributed by atoms with Crippen LogP contribution >= 0.6 is 0 Å². The van der Waals surface area contributed by atoms with Gasteiger partial charge in [-0.15, -0.1) is 0 Å². The molecule has 0 saturated carbocycles. The summed E-state index contributed by atoms with van der Waals surface area (Å²) in [5.41, 5.74) is 2.42. The number of aliphatic hydroxyl groups excluding tert-OH is 1. The van der Waals surface area contributed by atoms with E-state index < -0.39 is 6.10 Å². The monoisotopic (exact) mass is 282 g/mol. The standard InChI is InChI=1S/C16H18N4O/c1-12(2)19-11-17-10-15(19)16(21)14-8-9-18-20(14)13-6-4-3-5-7-13/h3-12,16,21H,1-2H3. The highest BCUT2D eigenvalue weighted by atomic mass is 16.3. The Morgan fingerprint density at radius 1 is 1.05 bits per heavy atom. The van der Waals surface area contributed by atoms with Crippen molar-refractivity contribution in [2.75, 3.05) is 0 Å². The Balaban J connectivity index is 2.02. The minimum atomic E-state index is -0.766. The predicted molar refractivity (Wildman–Crippen MR) is 80.2 cm³/mol. The Hall–Kier alpha value is -2.40. The van der Waals surface area contributed by atoms with E-state index in [9.17, 15) is 5.11 Å². The predicted octanol–water partition coefficient (Wildman–Crippen LogP) is 2.73. The van der Waals surface area contributed by atoms with Gasteiger partial charge in [0.2, 0.25) is 0 Å². The average Bonchev–Trinajstić information content (AvgIpc) is 3.16. The third kappa shape index (κ3) is 2.48. The van der Waals surface area contributed by atoms with Crippen LogP contribution in [0.2, 0.25) is 0 Å². The Labute approximate surface area is 123 Å². The largest absolute Gasteiger partial charge is 0.380 e. The molecule has 5 heteroatoms. The Morgan fingerprint density at radius 2 is 1.81 bits per heavy atom. The van der Waals surface area contributed by atoms with Crippen LogP contribution in [0.15, 0.2) is 55.1 Å². The van der Waals surface area contributed by atoms with Crippen molar-refractivity contribution in [2.24, 2.45) is 0 Å². The molecule has 1 aromatic carbocycles. The molecule has 0 amide bonds. The van der Waals surface area contributed by atoms with E-state index in [0.29, 0.717) is 0 Å². The van der Waals surface area contributed by atoms with E-state index in [0.717, 1.165) is 17.1 Å². The molecule has 2 aromatic heterocycles. The molecule has 108 valence electrons. The molecule has 0 fully saturated rings. The van der Waals surface area contributed by atoms with Gasteiger partial charge < -0.3 is 9.67 Å². The molecule has 2 heterocycles. The van der Waals surface area contributed by atoms with Gasteiger partial charge in [0.05, 0.1) is 29.6 Å². The van der Waals surface area contributed by atoms with Crippen LogP contribution in [0.1, 0.15) is 37.4 Å². The van der Waals surface area contributed by atoms with Crippen molar-refractivity contribution >= 4 is 0 Å². The fraction of sp³-hybridized carbons (Fsp3) is 0.250. The zero-order valence-corrected chi connectivity index (χ0v) is 12.1. The lowest BCUT2D eigenvalue weighted by Crippen LogP contribution is -2.13. The number of imidazole rings is 1. The van der Waals surface area contributed by atoms with E-state index in [-0.39, 0.29) is 6.04 Å². The van der Waals surface area contributed by atoms with Crippen molar-refractivity contribution in [1.82, 2.24) is 19.3 Å². The number of rotatable bonds is 4. The minimum Gasteiger partial charge on any atom is -0.380 e. The zero-order chi connectivity index (χ0) is 14.8. The van der Waals surface area contributed by atoms with Crippen LogP contribution in [-0.2, 0) is 0 Å². The van der Waals surface area contributed by atoms with Gasteiger partial charge in [0, 0.05) is 12.2 Å². The maximum atomic E-state index is 10.7. The van der Waals surface area contributed by atoms with E-state index in [1.54, 1.807) is 23.4 Å². The van der Waals surface area contributed by atoms with Gasteiger partial charge >= 0.3 is 0 Å². The lowest BCUT2D eigenvalue weighted by Gasteiger charge is -2.17. The summed E-state index contributed by atoms with van der Waals surface area (Å²) in [7, 11) is 0. The summed E-state index contributed by atoms with van der Waals surface area (Å²) in [6.45, 7) is 4.12. The number of aromatic nitrogens is 4. The normalized spacial score (nSPS) is 12.8. The molecule has 0 spiro atoms. The first kappa shape index (κ1) is 13.6. The molecule has 1 atom stereocenters. The van der Waals surface area contributed by atoms with Gasteiger partial charge in [0.25, 0.3) is 0 Å². The molecular weight excluding hydrogens is 264 g/mol. The smallest absolute Gasteiger partial charge is 0.137 e. The molecule has 0 aliphatic heterocycles. The maximum absolute atomic E-state index is 10.7. The highest BCUT2D eigenvalue weighted by molar-refractivity contribution is 5.34. The van der Waals surface area contributed by atoms with Crippen molar-refractivity contribution in [3.63, 3.8) is 0 Å². The van der Waals surface area contributed by atoms with E-state index in [1.807, 2.05) is 41.0 Å². The average molecular weight is 282 g/mol. The lowest BCUT2D eigenvalue weighted by molar-refractivity contribution is 0.200. The molecule has 1 N–H and O–H groups in total. The summed E-state index contributed by atoms with van der Waals surface area (Å²) in [6.07, 6.45) is 4.37. The second-order valence-corrected chi connectivity index (χ2v) is 5.23. The van der Waals surface area contributed by atoms with Crippen molar-refractivity contribution < 1.29 is 5.11 Å². The minimum absolute atomic E-state index is 0.241. The van der Waals surface area contributed by atoms with Gasteiger partial charge in [-0.05, 0) is 32.0 Å². The molecule has 1 unspecified atom stereocenters. The molecule has 0 radical (unpaired) electrons. The van der Waals surface area contributed by atoms with Crippen molar-refractivity contribution in [3.05, 3.63) is 66.5 Å². The summed E-state index contributed by atoms with van der Waals surface area (Å²) in [5, 5.41) is 15.0. The molecule has 0 bridgehead atoms. The van der Waals surface area contributed by atoms with E-state index in [1.165, 1.54) is 0 Å². The van der Waals surface area contributed by atoms with Crippen LogP contribution in [-0.4, -0.2) is 24.4 Å². The molecule has 0 aliphatic carbocycles. The highest BCUT2D eigenvalue weighted by Crippen LogP contribution is 2.25. The maximum Gasteiger partial charge on any atom is 0.137 e. The van der Waals surface area contributed by atoms with Gasteiger partial charge in [0.1, 0.15) is 6.10 Å². The van der Waals surface area contributed by atoms with Crippen molar-refractivity contribution in [2.45, 2.75) is 26.0 Å². The number of hydrogen-bond acceptors (Lipinski definition) is 3. The number of hydrogen-bond donors (Lipinski definition) is 1. The Bertz CT molecular complexity index is 715. The van der Waals surface area contributed by atoms with Crippen molar-refractivity contribution in [3.8, 4) is 5.69 Å². The van der Waals surface area contributed by atoms with Crippen LogP contribution in [0.5, 0.6) is 0 Å². The van der Waals surface area contributed by atoms with E-state index >= 15 is 0 Å². The SMILES string of the molecule is CC(C)n1cncc1C(O)c1ccnn1-c1ccccc1. The fourth-order valence-electron chi connectivity index (χ4n) is 2.42. The number of aliphatic hydroxyl groups is 1. The fourth-order valence-corrected chi connectivity index (χ4v) is 2.42. The highest BCUT2D eigenvalue weighted by Gasteiger charge is 2.20. The topological polar surface area (TPSA) is 55.9 Å². The van der Waals surface area contributed by atoms with Crippen LogP contribution in [0.4, 0.5) is 0 Å². The summed E-state index contributed by atoms with van der Waals surface area (Å²) in [5.74, 6) is 0. The first-order valence-corrected chi connectivity index (χ1v) is 6.97. The molecule has 0 aliphatic rings. The quantitative estimate of drug-likeness (QED) is 0.800. The molecule has 5 nitrogen and oxygen atoms in total. The third-order valence-corrected chi connectivity index (χ3v) is 3.49. The summed E-state index contributed by atoms with van der Waals surface area (Å²) < 4.78 is 3.72. The van der Waals surface area contributed by atoms with Gasteiger partial charge in [0.15, 0.2) is 0 Å². The number of para-hydroxylation sites is 1. The van der Waals surface area contributed by atoms with Crippen molar-refractivity contribution in [1.29, 1.82) is 0 Å². The Kier molecular flexibility index (Phi) is 3.58. The number of nitrogens with zero attached hydrogens (tertiary/aromatic N) is 4. The number of benzene rings is 1. The van der Waals surface area contributed by atoms with E-state index in [4.69, 9.17) is 0 Å². The molecule has 0 saturated heterocycles. The second kappa shape index (κ2) is 5.54. The molecule has 3 rings (SSSR count). The van der Waals surface area contributed by atoms with E-state index in [2.05, 4.69) is 23.9 Å². The van der Waals surface area contributed by atoms with Gasteiger partial charge in [-0.3, -0.25) is 0 Å². The van der Waals surface area contributed by atoms with Crippen LogP contribution in [0, 0.1) is 0 Å². The Morgan fingerprint density at radius 3 is 2.52 bits per heavy atom. The van der Waals surface area contributed by atoms with Gasteiger partial charge in [-0.2, -0.15) is 5.10 Å². The lowest BCUT2D eigenvalue weighted by atomic mass is 10.1. The van der Waals surface area contributed by atoms with Crippen LogP contribution < -0.4 is 0 Å². The summed E-state index contributed by atoms with van der Waals surface area (Å²) >= 11 is 0. The molecule has 21 heavy (non-hydrogen) atoms.